The fourth-order valence-electron chi connectivity index (χ4n) is 2.76. The lowest BCUT2D eigenvalue weighted by atomic mass is 9.91. The Hall–Kier alpha value is -2.80. The van der Waals surface area contributed by atoms with Gasteiger partial charge in [-0.2, -0.15) is 21.6 Å². The molecule has 0 bridgehead atoms. The average molecular weight is 392 g/mol. The molecule has 0 atom stereocenters. The van der Waals surface area contributed by atoms with E-state index in [-0.39, 0.29) is 11.3 Å². The third-order valence-corrected chi connectivity index (χ3v) is 4.97. The number of aryl methyl sites for hydroxylation is 1. The molecule has 0 saturated heterocycles. The van der Waals surface area contributed by atoms with Gasteiger partial charge in [-0.25, -0.2) is 0 Å². The van der Waals surface area contributed by atoms with Gasteiger partial charge in [-0.05, 0) is 35.2 Å². The highest BCUT2D eigenvalue weighted by atomic mass is 32.2. The first kappa shape index (κ1) is 19.0. The molecular weight excluding hydrogens is 377 g/mol. The van der Waals surface area contributed by atoms with Crippen LogP contribution in [-0.4, -0.2) is 13.9 Å². The standard InChI is InChI=1S/C20H15F3O3S/c1-14-8-5-6-11-16(14)19-17(15-9-3-2-4-10-15)12-7-13-18(19)26-27(24,25)20(21,22)23/h2-13H,1H3. The molecule has 0 aromatic heterocycles. The van der Waals surface area contributed by atoms with Crippen molar-refractivity contribution in [2.75, 3.05) is 0 Å². The third-order valence-electron chi connectivity index (χ3n) is 4.01. The number of alkyl halides is 3. The summed E-state index contributed by atoms with van der Waals surface area (Å²) < 4.78 is 66.2. The van der Waals surface area contributed by atoms with Crippen LogP contribution in [0.2, 0.25) is 0 Å². The van der Waals surface area contributed by atoms with Crippen LogP contribution in [0.5, 0.6) is 5.75 Å². The van der Waals surface area contributed by atoms with Crippen LogP contribution in [-0.2, 0) is 10.1 Å². The van der Waals surface area contributed by atoms with Crippen LogP contribution < -0.4 is 4.18 Å². The Kier molecular flexibility index (Phi) is 4.97. The summed E-state index contributed by atoms with van der Waals surface area (Å²) in [7, 11) is -5.79. The average Bonchev–Trinajstić information content (AvgIpc) is 2.62. The molecule has 140 valence electrons. The molecule has 0 aliphatic carbocycles. The Morgan fingerprint density at radius 1 is 0.778 bits per heavy atom. The van der Waals surface area contributed by atoms with Gasteiger partial charge in [0.25, 0.3) is 0 Å². The summed E-state index contributed by atoms with van der Waals surface area (Å²) in [5.74, 6) is -0.372. The van der Waals surface area contributed by atoms with Crippen molar-refractivity contribution < 1.29 is 25.8 Å². The highest BCUT2D eigenvalue weighted by Crippen LogP contribution is 2.42. The Balaban J connectivity index is 2.28. The van der Waals surface area contributed by atoms with Gasteiger partial charge in [0.1, 0.15) is 0 Å². The Morgan fingerprint density at radius 2 is 1.37 bits per heavy atom. The fraction of sp³-hybridized carbons (Fsp3) is 0.100. The van der Waals surface area contributed by atoms with Gasteiger partial charge in [-0.15, -0.1) is 0 Å². The van der Waals surface area contributed by atoms with Gasteiger partial charge < -0.3 is 4.18 Å². The van der Waals surface area contributed by atoms with E-state index in [0.29, 0.717) is 11.1 Å². The molecule has 0 fully saturated rings. The summed E-state index contributed by atoms with van der Waals surface area (Å²) in [5.41, 5.74) is -2.57. The van der Waals surface area contributed by atoms with E-state index in [0.717, 1.165) is 11.1 Å². The number of hydrogen-bond acceptors (Lipinski definition) is 3. The van der Waals surface area contributed by atoms with Crippen molar-refractivity contribution in [2.24, 2.45) is 0 Å². The Morgan fingerprint density at radius 3 is 2.00 bits per heavy atom. The molecule has 0 saturated carbocycles. The van der Waals surface area contributed by atoms with E-state index >= 15 is 0 Å². The van der Waals surface area contributed by atoms with Crippen molar-refractivity contribution in [2.45, 2.75) is 12.4 Å². The first-order valence-corrected chi connectivity index (χ1v) is 9.37. The minimum absolute atomic E-state index is 0.287. The van der Waals surface area contributed by atoms with E-state index in [4.69, 9.17) is 0 Å². The maximum absolute atomic E-state index is 12.8. The molecule has 7 heteroatoms. The predicted octanol–water partition coefficient (Wildman–Crippen LogP) is 5.56. The molecule has 3 rings (SSSR count). The normalized spacial score (nSPS) is 12.0. The zero-order valence-corrected chi connectivity index (χ0v) is 15.0. The number of hydrogen-bond donors (Lipinski definition) is 0. The smallest absolute Gasteiger partial charge is 0.375 e. The first-order chi connectivity index (χ1) is 12.7. The van der Waals surface area contributed by atoms with Crippen molar-refractivity contribution in [1.82, 2.24) is 0 Å². The zero-order chi connectivity index (χ0) is 19.7. The van der Waals surface area contributed by atoms with Gasteiger partial charge in [-0.1, -0.05) is 66.7 Å². The SMILES string of the molecule is Cc1ccccc1-c1c(OS(=O)(=O)C(F)(F)F)cccc1-c1ccccc1. The van der Waals surface area contributed by atoms with Crippen LogP contribution in [0.1, 0.15) is 5.56 Å². The first-order valence-electron chi connectivity index (χ1n) is 7.96. The monoisotopic (exact) mass is 392 g/mol. The number of halogens is 3. The molecular formula is C20H15F3O3S. The predicted molar refractivity (Wildman–Crippen MR) is 97.7 cm³/mol. The van der Waals surface area contributed by atoms with Gasteiger partial charge in [-0.3, -0.25) is 0 Å². The van der Waals surface area contributed by atoms with E-state index in [1.807, 2.05) is 6.07 Å². The molecule has 0 spiro atoms. The molecule has 0 heterocycles. The van der Waals surface area contributed by atoms with Crippen LogP contribution >= 0.6 is 0 Å². The molecule has 0 amide bonds. The number of rotatable bonds is 4. The minimum Gasteiger partial charge on any atom is -0.375 e. The second-order valence-corrected chi connectivity index (χ2v) is 7.38. The zero-order valence-electron chi connectivity index (χ0n) is 14.2. The van der Waals surface area contributed by atoms with Crippen molar-refractivity contribution in [3.8, 4) is 28.0 Å². The van der Waals surface area contributed by atoms with Crippen molar-refractivity contribution in [1.29, 1.82) is 0 Å². The molecule has 3 aromatic carbocycles. The maximum atomic E-state index is 12.8. The summed E-state index contributed by atoms with van der Waals surface area (Å²) in [6.07, 6.45) is 0. The lowest BCUT2D eigenvalue weighted by Gasteiger charge is -2.18. The van der Waals surface area contributed by atoms with Gasteiger partial charge >= 0.3 is 15.6 Å². The topological polar surface area (TPSA) is 43.4 Å². The van der Waals surface area contributed by atoms with E-state index in [9.17, 15) is 21.6 Å². The largest absolute Gasteiger partial charge is 0.534 e. The molecule has 27 heavy (non-hydrogen) atoms. The van der Waals surface area contributed by atoms with Gasteiger partial charge in [0.2, 0.25) is 0 Å². The Bertz CT molecular complexity index is 1060. The second kappa shape index (κ2) is 7.08. The van der Waals surface area contributed by atoms with E-state index in [1.165, 1.54) is 12.1 Å². The lowest BCUT2D eigenvalue weighted by Crippen LogP contribution is -2.28. The fourth-order valence-corrected chi connectivity index (χ4v) is 3.23. The van der Waals surface area contributed by atoms with Crippen molar-refractivity contribution in [3.63, 3.8) is 0 Å². The second-order valence-electron chi connectivity index (χ2n) is 5.84. The molecule has 0 unspecified atom stereocenters. The van der Waals surface area contributed by atoms with Gasteiger partial charge in [0, 0.05) is 5.56 Å². The van der Waals surface area contributed by atoms with Crippen LogP contribution in [0, 0.1) is 6.92 Å². The summed E-state index contributed by atoms with van der Waals surface area (Å²) in [6, 6.07) is 20.4. The van der Waals surface area contributed by atoms with Gasteiger partial charge in [0.15, 0.2) is 5.75 Å². The Labute approximate surface area is 155 Å². The maximum Gasteiger partial charge on any atom is 0.534 e. The summed E-state index contributed by atoms with van der Waals surface area (Å²) in [6.45, 7) is 1.79. The molecule has 0 aliphatic heterocycles. The van der Waals surface area contributed by atoms with Crippen LogP contribution in [0.3, 0.4) is 0 Å². The summed E-state index contributed by atoms with van der Waals surface area (Å²) in [4.78, 5) is 0. The number of benzene rings is 3. The van der Waals surface area contributed by atoms with E-state index < -0.39 is 15.6 Å². The molecule has 0 N–H and O–H groups in total. The quantitative estimate of drug-likeness (QED) is 0.431. The lowest BCUT2D eigenvalue weighted by molar-refractivity contribution is -0.0499. The molecule has 0 radical (unpaired) electrons. The molecule has 3 nitrogen and oxygen atoms in total. The summed E-state index contributed by atoms with van der Waals surface area (Å²) >= 11 is 0. The van der Waals surface area contributed by atoms with E-state index in [1.54, 1.807) is 61.5 Å². The van der Waals surface area contributed by atoms with Crippen LogP contribution in [0.25, 0.3) is 22.3 Å². The van der Waals surface area contributed by atoms with Gasteiger partial charge in [0.05, 0.1) is 0 Å². The van der Waals surface area contributed by atoms with Crippen LogP contribution in [0.4, 0.5) is 13.2 Å². The van der Waals surface area contributed by atoms with E-state index in [2.05, 4.69) is 4.18 Å². The molecule has 3 aromatic rings. The van der Waals surface area contributed by atoms with Crippen LogP contribution in [0.15, 0.2) is 72.8 Å². The minimum atomic E-state index is -5.79. The highest BCUT2D eigenvalue weighted by Gasteiger charge is 2.49. The van der Waals surface area contributed by atoms with Crippen molar-refractivity contribution >= 4 is 10.1 Å². The summed E-state index contributed by atoms with van der Waals surface area (Å²) in [5, 5.41) is 0. The van der Waals surface area contributed by atoms with Crippen molar-refractivity contribution in [3.05, 3.63) is 78.4 Å². The third kappa shape index (κ3) is 3.83. The molecule has 0 aliphatic rings. The highest BCUT2D eigenvalue weighted by molar-refractivity contribution is 7.88.